The molecule has 116 valence electrons. The fourth-order valence-corrected chi connectivity index (χ4v) is 2.26. The van der Waals surface area contributed by atoms with E-state index < -0.39 is 0 Å². The van der Waals surface area contributed by atoms with E-state index >= 15 is 0 Å². The molecule has 2 aromatic rings. The zero-order valence-corrected chi connectivity index (χ0v) is 13.4. The summed E-state index contributed by atoms with van der Waals surface area (Å²) in [5.74, 6) is 0.590. The van der Waals surface area contributed by atoms with E-state index in [4.69, 9.17) is 16.3 Å². The fraction of sp³-hybridized carbons (Fsp3) is 0.235. The van der Waals surface area contributed by atoms with E-state index in [2.05, 4.69) is 12.2 Å². The number of hydrogen-bond acceptors (Lipinski definition) is 2. The summed E-state index contributed by atoms with van der Waals surface area (Å²) in [4.78, 5) is 12.1. The fourth-order valence-electron chi connectivity index (χ4n) is 2.14. The van der Waals surface area contributed by atoms with Crippen LogP contribution in [0, 0.1) is 0 Å². The van der Waals surface area contributed by atoms with Crippen LogP contribution in [-0.2, 0) is 4.79 Å². The Bertz CT molecular complexity index is 629. The normalized spacial score (nSPS) is 11.8. The van der Waals surface area contributed by atoms with Gasteiger partial charge in [0, 0.05) is 10.6 Å². The maximum Gasteiger partial charge on any atom is 0.279 e. The van der Waals surface area contributed by atoms with Crippen LogP contribution < -0.4 is 15.4 Å². The summed E-state index contributed by atoms with van der Waals surface area (Å²) in [5, 5.41) is 5.55. The summed E-state index contributed by atoms with van der Waals surface area (Å²) in [6.45, 7) is 2.39. The Morgan fingerprint density at radius 1 is 1.23 bits per heavy atom. The first-order valence-electron chi connectivity index (χ1n) is 7.12. The Labute approximate surface area is 135 Å². The molecule has 0 aliphatic heterocycles. The number of quaternary nitrogens is 1. The van der Waals surface area contributed by atoms with Gasteiger partial charge in [-0.3, -0.25) is 4.79 Å². The molecule has 0 heterocycles. The van der Waals surface area contributed by atoms with E-state index in [1.165, 1.54) is 0 Å². The van der Waals surface area contributed by atoms with Gasteiger partial charge in [-0.2, -0.15) is 0 Å². The van der Waals surface area contributed by atoms with Gasteiger partial charge in [0.2, 0.25) is 0 Å². The molecule has 2 aromatic carbocycles. The molecule has 1 atom stereocenters. The molecule has 3 N–H and O–H groups in total. The van der Waals surface area contributed by atoms with Crippen molar-refractivity contribution < 1.29 is 14.8 Å². The molecule has 0 spiro atoms. The number of methoxy groups -OCH3 is 1. The van der Waals surface area contributed by atoms with Gasteiger partial charge in [0.25, 0.3) is 5.91 Å². The average molecular weight is 320 g/mol. The van der Waals surface area contributed by atoms with E-state index in [9.17, 15) is 4.79 Å². The molecule has 4 nitrogen and oxygen atoms in total. The molecule has 0 aliphatic rings. The minimum Gasteiger partial charge on any atom is -0.495 e. The second kappa shape index (κ2) is 7.82. The van der Waals surface area contributed by atoms with Crippen molar-refractivity contribution in [2.75, 3.05) is 19.0 Å². The van der Waals surface area contributed by atoms with Gasteiger partial charge in [0.15, 0.2) is 6.54 Å². The first-order valence-corrected chi connectivity index (χ1v) is 7.49. The lowest BCUT2D eigenvalue weighted by Crippen LogP contribution is -2.86. The quantitative estimate of drug-likeness (QED) is 0.860. The largest absolute Gasteiger partial charge is 0.495 e. The maximum atomic E-state index is 12.1. The van der Waals surface area contributed by atoms with Gasteiger partial charge in [0.1, 0.15) is 11.8 Å². The molecule has 2 rings (SSSR count). The lowest BCUT2D eigenvalue weighted by atomic mass is 10.1. The van der Waals surface area contributed by atoms with Crippen molar-refractivity contribution in [3.05, 3.63) is 59.1 Å². The van der Waals surface area contributed by atoms with Crippen LogP contribution in [-0.4, -0.2) is 19.6 Å². The molecule has 0 saturated heterocycles. The molecule has 5 heteroatoms. The van der Waals surface area contributed by atoms with Crippen molar-refractivity contribution >= 4 is 23.2 Å². The number of amides is 1. The summed E-state index contributed by atoms with van der Waals surface area (Å²) in [7, 11) is 1.58. The number of nitrogens with one attached hydrogen (secondary N) is 1. The molecule has 0 bridgehead atoms. The second-order valence-corrected chi connectivity index (χ2v) is 5.46. The van der Waals surface area contributed by atoms with Gasteiger partial charge in [0.05, 0.1) is 12.8 Å². The van der Waals surface area contributed by atoms with E-state index in [1.807, 2.05) is 53.8 Å². The second-order valence-electron chi connectivity index (χ2n) is 5.03. The highest BCUT2D eigenvalue weighted by Crippen LogP contribution is 2.22. The summed E-state index contributed by atoms with van der Waals surface area (Å²) < 4.78 is 5.21. The highest BCUT2D eigenvalue weighted by molar-refractivity contribution is 6.30. The van der Waals surface area contributed by atoms with Gasteiger partial charge in [-0.15, -0.1) is 0 Å². The van der Waals surface area contributed by atoms with E-state index in [0.29, 0.717) is 23.0 Å². The van der Waals surface area contributed by atoms with Crippen LogP contribution in [0.15, 0.2) is 48.5 Å². The number of hydrogen-bond donors (Lipinski definition) is 2. The van der Waals surface area contributed by atoms with Crippen LogP contribution in [0.5, 0.6) is 5.75 Å². The number of anilines is 1. The molecule has 0 aliphatic carbocycles. The topological polar surface area (TPSA) is 54.9 Å². The summed E-state index contributed by atoms with van der Waals surface area (Å²) in [5.41, 5.74) is 1.82. The number of halogens is 1. The summed E-state index contributed by atoms with van der Waals surface area (Å²) >= 11 is 5.88. The molecule has 0 fully saturated rings. The predicted octanol–water partition coefficient (Wildman–Crippen LogP) is 2.61. The average Bonchev–Trinajstić information content (AvgIpc) is 2.54. The van der Waals surface area contributed by atoms with E-state index in [0.717, 1.165) is 5.56 Å². The van der Waals surface area contributed by atoms with Crippen LogP contribution in [0.25, 0.3) is 0 Å². The van der Waals surface area contributed by atoms with Gasteiger partial charge in [-0.25, -0.2) is 0 Å². The van der Waals surface area contributed by atoms with Crippen molar-refractivity contribution in [3.63, 3.8) is 0 Å². The molecule has 22 heavy (non-hydrogen) atoms. The van der Waals surface area contributed by atoms with Gasteiger partial charge < -0.3 is 15.4 Å². The van der Waals surface area contributed by atoms with Crippen molar-refractivity contribution in [1.29, 1.82) is 0 Å². The highest BCUT2D eigenvalue weighted by atomic mass is 35.5. The summed E-state index contributed by atoms with van der Waals surface area (Å²) in [6.07, 6.45) is 0. The number of carbonyl (C=O) groups excluding carboxylic acids is 1. The third kappa shape index (κ3) is 4.48. The lowest BCUT2D eigenvalue weighted by Gasteiger charge is -2.12. The number of para-hydroxylation sites is 2. The van der Waals surface area contributed by atoms with Gasteiger partial charge in [-0.1, -0.05) is 35.9 Å². The molecule has 0 aromatic heterocycles. The molecule has 1 amide bonds. The van der Waals surface area contributed by atoms with Crippen molar-refractivity contribution in [2.24, 2.45) is 0 Å². The smallest absolute Gasteiger partial charge is 0.279 e. The summed E-state index contributed by atoms with van der Waals surface area (Å²) in [6, 6.07) is 15.2. The first-order chi connectivity index (χ1) is 10.6. The van der Waals surface area contributed by atoms with Crippen molar-refractivity contribution in [2.45, 2.75) is 13.0 Å². The SMILES string of the molecule is COc1ccccc1NC(=O)C[NH2+][C@H](C)c1ccc(Cl)cc1. The number of nitrogens with two attached hydrogens (primary N) is 1. The van der Waals surface area contributed by atoms with Crippen molar-refractivity contribution in [1.82, 2.24) is 0 Å². The molecular weight excluding hydrogens is 300 g/mol. The lowest BCUT2D eigenvalue weighted by molar-refractivity contribution is -0.682. The van der Waals surface area contributed by atoms with Crippen LogP contribution in [0.4, 0.5) is 5.69 Å². The Morgan fingerprint density at radius 2 is 1.91 bits per heavy atom. The number of benzene rings is 2. The van der Waals surface area contributed by atoms with Gasteiger partial charge >= 0.3 is 0 Å². The monoisotopic (exact) mass is 319 g/mol. The third-order valence-electron chi connectivity index (χ3n) is 3.43. The zero-order valence-electron chi connectivity index (χ0n) is 12.7. The number of carbonyl (C=O) groups is 1. The molecule has 0 unspecified atom stereocenters. The Kier molecular flexibility index (Phi) is 5.81. The van der Waals surface area contributed by atoms with E-state index in [1.54, 1.807) is 7.11 Å². The Hall–Kier alpha value is -2.04. The predicted molar refractivity (Wildman–Crippen MR) is 88.3 cm³/mol. The number of rotatable bonds is 6. The first kappa shape index (κ1) is 16.3. The van der Waals surface area contributed by atoms with Crippen LogP contribution in [0.3, 0.4) is 0 Å². The Morgan fingerprint density at radius 3 is 2.59 bits per heavy atom. The Balaban J connectivity index is 1.88. The number of ether oxygens (including phenoxy) is 1. The minimum atomic E-state index is -0.0645. The van der Waals surface area contributed by atoms with E-state index in [-0.39, 0.29) is 11.9 Å². The van der Waals surface area contributed by atoms with Crippen molar-refractivity contribution in [3.8, 4) is 5.75 Å². The van der Waals surface area contributed by atoms with Crippen LogP contribution >= 0.6 is 11.6 Å². The molecule has 0 saturated carbocycles. The van der Waals surface area contributed by atoms with Crippen LogP contribution in [0.1, 0.15) is 18.5 Å². The third-order valence-corrected chi connectivity index (χ3v) is 3.69. The standard InChI is InChI=1S/C17H19ClN2O2/c1-12(13-7-9-14(18)10-8-13)19-11-17(21)20-15-5-3-4-6-16(15)22-2/h3-10,12,19H,11H2,1-2H3,(H,20,21)/p+1/t12-/m1/s1. The zero-order chi connectivity index (χ0) is 15.9. The molecule has 0 radical (unpaired) electrons. The minimum absolute atomic E-state index is 0.0645. The molecular formula is C17H20ClN2O2+. The van der Waals surface area contributed by atoms with Crippen LogP contribution in [0.2, 0.25) is 5.02 Å². The van der Waals surface area contributed by atoms with Gasteiger partial charge in [-0.05, 0) is 31.2 Å². The highest BCUT2D eigenvalue weighted by Gasteiger charge is 2.12. The maximum absolute atomic E-state index is 12.1.